The molecule has 1 aliphatic rings. The van der Waals surface area contributed by atoms with Gasteiger partial charge in [-0.2, -0.15) is 0 Å². The second-order valence-corrected chi connectivity index (χ2v) is 9.15. The highest BCUT2D eigenvalue weighted by Crippen LogP contribution is 2.46. The van der Waals surface area contributed by atoms with Crippen LogP contribution in [0.4, 0.5) is 4.79 Å². The van der Waals surface area contributed by atoms with E-state index in [1.807, 2.05) is 0 Å². The van der Waals surface area contributed by atoms with Crippen LogP contribution in [-0.4, -0.2) is 50.6 Å². The molecule has 1 aromatic rings. The number of urea groups is 1. The van der Waals surface area contributed by atoms with Crippen LogP contribution >= 0.6 is 0 Å². The number of carbonyl (C=O) groups excluding carboxylic acids is 2. The molecule has 3 N–H and O–H groups in total. The van der Waals surface area contributed by atoms with Gasteiger partial charge in [0.2, 0.25) is 6.08 Å². The van der Waals surface area contributed by atoms with Crippen LogP contribution in [0, 0.1) is 10.8 Å². The summed E-state index contributed by atoms with van der Waals surface area (Å²) in [6, 6.07) is 4.75. The lowest BCUT2D eigenvalue weighted by atomic mass is 9.62. The molecular weight excluding hydrogens is 386 g/mol. The van der Waals surface area contributed by atoms with E-state index >= 15 is 0 Å². The van der Waals surface area contributed by atoms with E-state index in [1.54, 1.807) is 31.4 Å². The van der Waals surface area contributed by atoms with Gasteiger partial charge in [-0.3, -0.25) is 0 Å². The Labute approximate surface area is 178 Å². The van der Waals surface area contributed by atoms with Crippen LogP contribution in [0.3, 0.4) is 0 Å². The van der Waals surface area contributed by atoms with Crippen molar-refractivity contribution in [1.82, 2.24) is 10.6 Å². The molecule has 0 bridgehead atoms. The number of aliphatic hydroxyl groups is 1. The molecular formula is C22H33N3O5. The maximum absolute atomic E-state index is 12.4. The molecule has 0 aromatic heterocycles. The van der Waals surface area contributed by atoms with Gasteiger partial charge >= 0.3 is 6.03 Å². The summed E-state index contributed by atoms with van der Waals surface area (Å²) in [5.41, 5.74) is 0.463. The summed E-state index contributed by atoms with van der Waals surface area (Å²) in [6.07, 6.45) is 3.22. The molecule has 166 valence electrons. The van der Waals surface area contributed by atoms with E-state index < -0.39 is 6.10 Å². The summed E-state index contributed by atoms with van der Waals surface area (Å²) < 4.78 is 10.5. The minimum Gasteiger partial charge on any atom is -0.493 e. The van der Waals surface area contributed by atoms with Gasteiger partial charge in [0.25, 0.3) is 0 Å². The Balaban J connectivity index is 1.94. The third-order valence-electron chi connectivity index (χ3n) is 5.55. The first-order valence-electron chi connectivity index (χ1n) is 10.1. The first-order valence-corrected chi connectivity index (χ1v) is 10.1. The zero-order chi connectivity index (χ0) is 22.4. The minimum atomic E-state index is -0.884. The van der Waals surface area contributed by atoms with Gasteiger partial charge in [-0.05, 0) is 47.8 Å². The zero-order valence-electron chi connectivity index (χ0n) is 18.4. The number of benzene rings is 1. The van der Waals surface area contributed by atoms with Crippen molar-refractivity contribution in [2.75, 3.05) is 27.3 Å². The van der Waals surface area contributed by atoms with Crippen LogP contribution in [0.1, 0.15) is 51.7 Å². The number of ether oxygens (including phenoxy) is 2. The zero-order valence-corrected chi connectivity index (χ0v) is 18.4. The quantitative estimate of drug-likeness (QED) is 0.443. The number of aliphatic hydroxyl groups excluding tert-OH is 1. The lowest BCUT2D eigenvalue weighted by molar-refractivity contribution is 0.0803. The highest BCUT2D eigenvalue weighted by atomic mass is 16.5. The number of carbonyl (C=O) groups is 1. The maximum Gasteiger partial charge on any atom is 0.315 e. The fraction of sp³-hybridized carbons (Fsp3) is 0.636. The average Bonchev–Trinajstić information content (AvgIpc) is 2.68. The standard InChI is InChI=1S/C22H33N3O5/c1-21(2)9-16(10-22(3,12-21)13-23-14-26)25-20(28)24-11-17(27)15-6-7-18(29-4)19(8-15)30-5/h6-8,16-17,27H,9-13H2,1-5H3,(H2,24,25,28). The second kappa shape index (κ2) is 9.96. The number of amides is 2. The van der Waals surface area contributed by atoms with Crippen molar-refractivity contribution in [3.63, 3.8) is 0 Å². The lowest BCUT2D eigenvalue weighted by Crippen LogP contribution is -2.50. The Hall–Kier alpha value is -2.57. The Kier molecular flexibility index (Phi) is 7.87. The minimum absolute atomic E-state index is 0.0164. The fourth-order valence-corrected chi connectivity index (χ4v) is 4.68. The van der Waals surface area contributed by atoms with E-state index in [0.29, 0.717) is 23.6 Å². The molecule has 1 aliphatic carbocycles. The van der Waals surface area contributed by atoms with Crippen LogP contribution in [-0.2, 0) is 4.79 Å². The van der Waals surface area contributed by atoms with Gasteiger partial charge in [0, 0.05) is 12.6 Å². The van der Waals surface area contributed by atoms with E-state index in [1.165, 1.54) is 7.11 Å². The molecule has 0 aliphatic heterocycles. The highest BCUT2D eigenvalue weighted by molar-refractivity contribution is 5.74. The molecule has 0 radical (unpaired) electrons. The van der Waals surface area contributed by atoms with Gasteiger partial charge in [-0.1, -0.05) is 26.8 Å². The number of isocyanates is 1. The SMILES string of the molecule is COc1ccc(C(O)CNC(=O)NC2CC(C)(C)CC(C)(CN=C=O)C2)cc1OC. The summed E-state index contributed by atoms with van der Waals surface area (Å²) in [5.74, 6) is 1.08. The van der Waals surface area contributed by atoms with E-state index in [-0.39, 0.29) is 29.4 Å². The van der Waals surface area contributed by atoms with Crippen LogP contribution in [0.2, 0.25) is 0 Å². The predicted octanol–water partition coefficient (Wildman–Crippen LogP) is 2.96. The Morgan fingerprint density at radius 2 is 1.97 bits per heavy atom. The summed E-state index contributed by atoms with van der Waals surface area (Å²) in [6.45, 7) is 6.86. The normalized spacial score (nSPS) is 23.6. The number of nitrogens with one attached hydrogen (secondary N) is 2. The molecule has 3 atom stereocenters. The van der Waals surface area contributed by atoms with Crippen molar-refractivity contribution >= 4 is 12.1 Å². The molecule has 2 amide bonds. The molecule has 30 heavy (non-hydrogen) atoms. The van der Waals surface area contributed by atoms with E-state index in [0.717, 1.165) is 19.3 Å². The van der Waals surface area contributed by atoms with Crippen molar-refractivity contribution in [1.29, 1.82) is 0 Å². The van der Waals surface area contributed by atoms with Crippen LogP contribution in [0.25, 0.3) is 0 Å². The fourth-order valence-electron chi connectivity index (χ4n) is 4.68. The average molecular weight is 420 g/mol. The number of rotatable bonds is 8. The smallest absolute Gasteiger partial charge is 0.315 e. The molecule has 1 saturated carbocycles. The number of nitrogens with zero attached hydrogens (tertiary/aromatic N) is 1. The van der Waals surface area contributed by atoms with Gasteiger partial charge in [-0.25, -0.2) is 14.6 Å². The summed E-state index contributed by atoms with van der Waals surface area (Å²) in [5, 5.41) is 16.2. The number of hydrogen-bond acceptors (Lipinski definition) is 6. The van der Waals surface area contributed by atoms with E-state index in [4.69, 9.17) is 9.47 Å². The van der Waals surface area contributed by atoms with Gasteiger partial charge < -0.3 is 25.2 Å². The Morgan fingerprint density at radius 3 is 2.60 bits per heavy atom. The first-order chi connectivity index (χ1) is 14.1. The third-order valence-corrected chi connectivity index (χ3v) is 5.55. The van der Waals surface area contributed by atoms with E-state index in [2.05, 4.69) is 36.4 Å². The van der Waals surface area contributed by atoms with E-state index in [9.17, 15) is 14.7 Å². The number of methoxy groups -OCH3 is 2. The molecule has 2 rings (SSSR count). The topological polar surface area (TPSA) is 109 Å². The van der Waals surface area contributed by atoms with Crippen molar-refractivity contribution < 1.29 is 24.2 Å². The van der Waals surface area contributed by atoms with Crippen molar-refractivity contribution in [2.45, 2.75) is 52.2 Å². The van der Waals surface area contributed by atoms with Crippen LogP contribution in [0.5, 0.6) is 11.5 Å². The van der Waals surface area contributed by atoms with Gasteiger partial charge in [0.05, 0.1) is 26.9 Å². The molecule has 0 heterocycles. The Bertz CT molecular complexity index is 791. The second-order valence-electron chi connectivity index (χ2n) is 9.15. The molecule has 1 aromatic carbocycles. The molecule has 1 fully saturated rings. The number of aliphatic imine (C=N–C) groups is 1. The molecule has 8 heteroatoms. The van der Waals surface area contributed by atoms with Crippen molar-refractivity contribution in [3.05, 3.63) is 23.8 Å². The lowest BCUT2D eigenvalue weighted by Gasteiger charge is -2.46. The molecule has 0 spiro atoms. The Morgan fingerprint density at radius 1 is 1.27 bits per heavy atom. The monoisotopic (exact) mass is 419 g/mol. The van der Waals surface area contributed by atoms with Crippen LogP contribution < -0.4 is 20.1 Å². The van der Waals surface area contributed by atoms with Crippen molar-refractivity contribution in [2.24, 2.45) is 15.8 Å². The maximum atomic E-state index is 12.4. The van der Waals surface area contributed by atoms with Crippen molar-refractivity contribution in [3.8, 4) is 11.5 Å². The summed E-state index contributed by atoms with van der Waals surface area (Å²) >= 11 is 0. The summed E-state index contributed by atoms with van der Waals surface area (Å²) in [4.78, 5) is 26.8. The molecule has 3 unspecified atom stereocenters. The van der Waals surface area contributed by atoms with Gasteiger partial charge in [0.15, 0.2) is 11.5 Å². The predicted molar refractivity (Wildman–Crippen MR) is 114 cm³/mol. The highest BCUT2D eigenvalue weighted by Gasteiger charge is 2.41. The summed E-state index contributed by atoms with van der Waals surface area (Å²) in [7, 11) is 3.07. The molecule has 0 saturated heterocycles. The van der Waals surface area contributed by atoms with Crippen LogP contribution in [0.15, 0.2) is 23.2 Å². The number of hydrogen-bond donors (Lipinski definition) is 3. The first kappa shape index (κ1) is 23.7. The molecule has 8 nitrogen and oxygen atoms in total. The van der Waals surface area contributed by atoms with Gasteiger partial charge in [0.1, 0.15) is 0 Å². The third kappa shape index (κ3) is 6.47. The van der Waals surface area contributed by atoms with Gasteiger partial charge in [-0.15, -0.1) is 0 Å². The largest absolute Gasteiger partial charge is 0.493 e.